The Hall–Kier alpha value is -0.580. The molecule has 2 aliphatic heterocycles. The highest BCUT2D eigenvalue weighted by Gasteiger charge is 2.27. The molecule has 2 nitrogen and oxygen atoms in total. The molecule has 2 aliphatic rings. The molecule has 0 amide bonds. The van der Waals surface area contributed by atoms with Crippen molar-refractivity contribution in [2.75, 3.05) is 26.2 Å². The van der Waals surface area contributed by atoms with Crippen molar-refractivity contribution in [1.82, 2.24) is 9.21 Å². The first-order valence-corrected chi connectivity index (χ1v) is 8.90. The highest BCUT2D eigenvalue weighted by molar-refractivity contribution is 7.97. The average molecular weight is 308 g/mol. The fourth-order valence-corrected chi connectivity index (χ4v) is 4.45. The van der Waals surface area contributed by atoms with E-state index in [2.05, 4.69) is 16.1 Å². The SMILES string of the molecule is CC1CCCN(C2CCN(Sc3ccc(F)cc3)CC2)C1. The molecule has 1 unspecified atom stereocenters. The van der Waals surface area contributed by atoms with E-state index in [1.54, 1.807) is 24.1 Å². The van der Waals surface area contributed by atoms with Gasteiger partial charge < -0.3 is 4.90 Å². The first-order chi connectivity index (χ1) is 10.2. The summed E-state index contributed by atoms with van der Waals surface area (Å²) in [6.45, 7) is 7.23. The molecular formula is C17H25FN2S. The molecule has 0 radical (unpaired) electrons. The lowest BCUT2D eigenvalue weighted by Crippen LogP contribution is -2.46. The Labute approximate surface area is 131 Å². The zero-order chi connectivity index (χ0) is 14.7. The zero-order valence-corrected chi connectivity index (χ0v) is 13.6. The molecule has 1 aromatic rings. The molecule has 2 fully saturated rings. The monoisotopic (exact) mass is 308 g/mol. The van der Waals surface area contributed by atoms with Gasteiger partial charge in [-0.05, 0) is 74.4 Å². The Morgan fingerprint density at radius 3 is 2.43 bits per heavy atom. The number of piperidine rings is 2. The lowest BCUT2D eigenvalue weighted by atomic mass is 9.96. The molecule has 2 heterocycles. The van der Waals surface area contributed by atoms with Crippen molar-refractivity contribution in [3.63, 3.8) is 0 Å². The van der Waals surface area contributed by atoms with E-state index in [1.165, 1.54) is 38.8 Å². The molecule has 0 spiro atoms. The molecule has 0 saturated carbocycles. The van der Waals surface area contributed by atoms with Crippen LogP contribution in [0, 0.1) is 11.7 Å². The van der Waals surface area contributed by atoms with E-state index in [1.807, 2.05) is 12.1 Å². The van der Waals surface area contributed by atoms with Gasteiger partial charge in [0.25, 0.3) is 0 Å². The third-order valence-electron chi connectivity index (χ3n) is 4.68. The normalized spacial score (nSPS) is 26.1. The minimum Gasteiger partial charge on any atom is -0.300 e. The third-order valence-corrected chi connectivity index (χ3v) is 5.78. The Bertz CT molecular complexity index is 443. The summed E-state index contributed by atoms with van der Waals surface area (Å²) in [6.07, 6.45) is 5.29. The number of hydrogen-bond acceptors (Lipinski definition) is 3. The predicted octanol–water partition coefficient (Wildman–Crippen LogP) is 4.03. The van der Waals surface area contributed by atoms with Crippen molar-refractivity contribution in [3.8, 4) is 0 Å². The lowest BCUT2D eigenvalue weighted by molar-refractivity contribution is 0.0963. The fraction of sp³-hybridized carbons (Fsp3) is 0.647. The number of nitrogens with zero attached hydrogens (tertiary/aromatic N) is 2. The maximum Gasteiger partial charge on any atom is 0.123 e. The van der Waals surface area contributed by atoms with Crippen molar-refractivity contribution in [2.24, 2.45) is 5.92 Å². The largest absolute Gasteiger partial charge is 0.300 e. The number of likely N-dealkylation sites (tertiary alicyclic amines) is 1. The molecule has 21 heavy (non-hydrogen) atoms. The minimum absolute atomic E-state index is 0.155. The number of halogens is 1. The van der Waals surface area contributed by atoms with Crippen molar-refractivity contribution < 1.29 is 4.39 Å². The molecule has 1 aromatic carbocycles. The van der Waals surface area contributed by atoms with E-state index in [9.17, 15) is 4.39 Å². The molecule has 0 bridgehead atoms. The predicted molar refractivity (Wildman–Crippen MR) is 86.8 cm³/mol. The molecule has 1 atom stereocenters. The fourth-order valence-electron chi connectivity index (χ4n) is 3.50. The third kappa shape index (κ3) is 4.21. The Morgan fingerprint density at radius 1 is 1.05 bits per heavy atom. The van der Waals surface area contributed by atoms with Crippen LogP contribution in [0.5, 0.6) is 0 Å². The molecular weight excluding hydrogens is 283 g/mol. The number of benzene rings is 1. The average Bonchev–Trinajstić information content (AvgIpc) is 2.50. The summed E-state index contributed by atoms with van der Waals surface area (Å²) in [4.78, 5) is 3.86. The quantitative estimate of drug-likeness (QED) is 0.779. The van der Waals surface area contributed by atoms with Gasteiger partial charge in [0.2, 0.25) is 0 Å². The van der Waals surface area contributed by atoms with Gasteiger partial charge in [0.05, 0.1) is 0 Å². The summed E-state index contributed by atoms with van der Waals surface area (Å²) >= 11 is 1.77. The molecule has 0 N–H and O–H groups in total. The van der Waals surface area contributed by atoms with Gasteiger partial charge in [-0.15, -0.1) is 0 Å². The highest BCUT2D eigenvalue weighted by atomic mass is 32.2. The van der Waals surface area contributed by atoms with Crippen LogP contribution in [0.15, 0.2) is 29.2 Å². The van der Waals surface area contributed by atoms with Crippen LogP contribution in [-0.2, 0) is 0 Å². The number of hydrogen-bond donors (Lipinski definition) is 0. The minimum atomic E-state index is -0.155. The first-order valence-electron chi connectivity index (χ1n) is 8.13. The van der Waals surface area contributed by atoms with Crippen LogP contribution in [0.25, 0.3) is 0 Å². The Kier molecular flexibility index (Phi) is 5.19. The molecule has 0 aliphatic carbocycles. The van der Waals surface area contributed by atoms with E-state index in [0.717, 1.165) is 29.9 Å². The van der Waals surface area contributed by atoms with E-state index in [4.69, 9.17) is 0 Å². The molecule has 3 rings (SSSR count). The molecule has 4 heteroatoms. The van der Waals surface area contributed by atoms with Crippen molar-refractivity contribution in [2.45, 2.75) is 43.5 Å². The van der Waals surface area contributed by atoms with Crippen LogP contribution < -0.4 is 0 Å². The summed E-state index contributed by atoms with van der Waals surface area (Å²) in [5.74, 6) is 0.711. The summed E-state index contributed by atoms with van der Waals surface area (Å²) in [5.41, 5.74) is 0. The molecule has 116 valence electrons. The van der Waals surface area contributed by atoms with Gasteiger partial charge in [-0.2, -0.15) is 0 Å². The summed E-state index contributed by atoms with van der Waals surface area (Å²) in [7, 11) is 0. The summed E-state index contributed by atoms with van der Waals surface area (Å²) in [6, 6.07) is 7.61. The van der Waals surface area contributed by atoms with Gasteiger partial charge in [-0.1, -0.05) is 6.92 Å². The van der Waals surface area contributed by atoms with E-state index in [0.29, 0.717) is 0 Å². The van der Waals surface area contributed by atoms with Gasteiger partial charge in [0.1, 0.15) is 5.82 Å². The van der Waals surface area contributed by atoms with Crippen molar-refractivity contribution >= 4 is 11.9 Å². The second kappa shape index (κ2) is 7.12. The summed E-state index contributed by atoms with van der Waals surface area (Å²) in [5, 5.41) is 0. The topological polar surface area (TPSA) is 6.48 Å². The maximum absolute atomic E-state index is 12.9. The lowest BCUT2D eigenvalue weighted by Gasteiger charge is -2.41. The van der Waals surface area contributed by atoms with Crippen LogP contribution >= 0.6 is 11.9 Å². The van der Waals surface area contributed by atoms with E-state index < -0.39 is 0 Å². The molecule has 2 saturated heterocycles. The van der Waals surface area contributed by atoms with Gasteiger partial charge in [-0.25, -0.2) is 8.70 Å². The smallest absolute Gasteiger partial charge is 0.123 e. The van der Waals surface area contributed by atoms with Crippen molar-refractivity contribution in [1.29, 1.82) is 0 Å². The Balaban J connectivity index is 1.47. The summed E-state index contributed by atoms with van der Waals surface area (Å²) < 4.78 is 15.4. The molecule has 0 aromatic heterocycles. The second-order valence-corrected chi connectivity index (χ2v) is 7.62. The van der Waals surface area contributed by atoms with Gasteiger partial charge in [0, 0.05) is 30.6 Å². The van der Waals surface area contributed by atoms with Gasteiger partial charge >= 0.3 is 0 Å². The van der Waals surface area contributed by atoms with Gasteiger partial charge in [0.15, 0.2) is 0 Å². The zero-order valence-electron chi connectivity index (χ0n) is 12.8. The van der Waals surface area contributed by atoms with Crippen LogP contribution in [0.2, 0.25) is 0 Å². The van der Waals surface area contributed by atoms with Crippen molar-refractivity contribution in [3.05, 3.63) is 30.1 Å². The first kappa shape index (κ1) is 15.3. The van der Waals surface area contributed by atoms with Crippen LogP contribution in [0.4, 0.5) is 4.39 Å². The maximum atomic E-state index is 12.9. The van der Waals surface area contributed by atoms with Crippen LogP contribution in [0.1, 0.15) is 32.6 Å². The van der Waals surface area contributed by atoms with Gasteiger partial charge in [-0.3, -0.25) is 0 Å². The highest BCUT2D eigenvalue weighted by Crippen LogP contribution is 2.29. The standard InChI is InChI=1S/C17H25FN2S/c1-14-3-2-10-19(13-14)16-8-11-20(12-9-16)21-17-6-4-15(18)5-7-17/h4-7,14,16H,2-3,8-13H2,1H3. The second-order valence-electron chi connectivity index (χ2n) is 6.45. The van der Waals surface area contributed by atoms with Crippen LogP contribution in [-0.4, -0.2) is 41.4 Å². The number of rotatable bonds is 3. The Morgan fingerprint density at radius 2 is 1.76 bits per heavy atom. The van der Waals surface area contributed by atoms with E-state index in [-0.39, 0.29) is 5.82 Å². The van der Waals surface area contributed by atoms with Crippen LogP contribution in [0.3, 0.4) is 0 Å². The van der Waals surface area contributed by atoms with E-state index >= 15 is 0 Å².